The molecule has 0 saturated heterocycles. The van der Waals surface area contributed by atoms with Gasteiger partial charge in [0.1, 0.15) is 29.5 Å². The molecule has 1 unspecified atom stereocenters. The molecule has 1 aliphatic heterocycles. The predicted molar refractivity (Wildman–Crippen MR) is 96.7 cm³/mol. The van der Waals surface area contributed by atoms with Crippen LogP contribution >= 0.6 is 0 Å². The Morgan fingerprint density at radius 2 is 1.85 bits per heavy atom. The molecule has 0 aliphatic carbocycles. The van der Waals surface area contributed by atoms with E-state index in [1.54, 1.807) is 13.0 Å². The molecular weight excluding hydrogens is 335 g/mol. The zero-order valence-electron chi connectivity index (χ0n) is 15.3. The molecule has 0 amide bonds. The van der Waals surface area contributed by atoms with Crippen molar-refractivity contribution in [3.8, 4) is 11.5 Å². The summed E-state index contributed by atoms with van der Waals surface area (Å²) >= 11 is 0. The maximum atomic E-state index is 14.3. The average molecular weight is 360 g/mol. The van der Waals surface area contributed by atoms with Crippen LogP contribution in [0.1, 0.15) is 37.5 Å². The second kappa shape index (κ2) is 7.25. The van der Waals surface area contributed by atoms with E-state index >= 15 is 0 Å². The number of hydrogen-bond acceptors (Lipinski definition) is 4. The van der Waals surface area contributed by atoms with Crippen LogP contribution in [0.4, 0.5) is 4.39 Å². The molecule has 0 radical (unpaired) electrons. The smallest absolute Gasteiger partial charge is 0.154 e. The first-order valence-corrected chi connectivity index (χ1v) is 8.82. The van der Waals surface area contributed by atoms with E-state index in [1.165, 1.54) is 6.07 Å². The fourth-order valence-corrected chi connectivity index (χ4v) is 3.20. The van der Waals surface area contributed by atoms with Crippen LogP contribution < -0.4 is 9.47 Å². The molecule has 0 spiro atoms. The zero-order chi connectivity index (χ0) is 18.9. The molecule has 140 valence electrons. The van der Waals surface area contributed by atoms with E-state index in [4.69, 9.17) is 9.47 Å². The Balaban J connectivity index is 1.68. The SMILES string of the molecule is CC(Cc1ccc(OCc2c(F)ccc3c2CC(C)(C)O3)cc1)C(O)O. The van der Waals surface area contributed by atoms with Gasteiger partial charge in [-0.15, -0.1) is 0 Å². The fraction of sp³-hybridized carbons (Fsp3) is 0.429. The van der Waals surface area contributed by atoms with Crippen LogP contribution in [0.25, 0.3) is 0 Å². The topological polar surface area (TPSA) is 58.9 Å². The van der Waals surface area contributed by atoms with E-state index in [-0.39, 0.29) is 23.9 Å². The number of aliphatic hydroxyl groups is 2. The molecule has 2 N–H and O–H groups in total. The lowest BCUT2D eigenvalue weighted by Gasteiger charge is -2.16. The molecule has 0 fully saturated rings. The third-order valence-electron chi connectivity index (χ3n) is 4.69. The van der Waals surface area contributed by atoms with Crippen molar-refractivity contribution in [3.63, 3.8) is 0 Å². The summed E-state index contributed by atoms with van der Waals surface area (Å²) in [6, 6.07) is 10.5. The Hall–Kier alpha value is -2.11. The molecule has 3 rings (SSSR count). The van der Waals surface area contributed by atoms with Crippen LogP contribution in [-0.2, 0) is 19.4 Å². The van der Waals surface area contributed by atoms with E-state index in [0.29, 0.717) is 24.2 Å². The molecule has 1 aliphatic rings. The van der Waals surface area contributed by atoms with Crippen LogP contribution in [0.2, 0.25) is 0 Å². The summed E-state index contributed by atoms with van der Waals surface area (Å²) in [6.07, 6.45) is -0.120. The summed E-state index contributed by atoms with van der Waals surface area (Å²) < 4.78 is 25.9. The van der Waals surface area contributed by atoms with Crippen LogP contribution in [0.15, 0.2) is 36.4 Å². The van der Waals surface area contributed by atoms with E-state index < -0.39 is 6.29 Å². The molecular formula is C21H25FO4. The van der Waals surface area contributed by atoms with E-state index in [1.807, 2.05) is 38.1 Å². The van der Waals surface area contributed by atoms with Gasteiger partial charge in [0.25, 0.3) is 0 Å². The highest BCUT2D eigenvalue weighted by Gasteiger charge is 2.33. The van der Waals surface area contributed by atoms with Gasteiger partial charge in [-0.2, -0.15) is 0 Å². The lowest BCUT2D eigenvalue weighted by molar-refractivity contribution is -0.0780. The molecule has 0 bridgehead atoms. The number of ether oxygens (including phenoxy) is 2. The quantitative estimate of drug-likeness (QED) is 0.773. The second-order valence-electron chi connectivity index (χ2n) is 7.57. The highest BCUT2D eigenvalue weighted by molar-refractivity contribution is 5.45. The van der Waals surface area contributed by atoms with Gasteiger partial charge in [0.05, 0.1) is 0 Å². The summed E-state index contributed by atoms with van der Waals surface area (Å²) in [5.41, 5.74) is 2.06. The van der Waals surface area contributed by atoms with Gasteiger partial charge in [-0.25, -0.2) is 4.39 Å². The maximum absolute atomic E-state index is 14.3. The standard InChI is InChI=1S/C21H25FO4/c1-13(20(23)24)10-14-4-6-15(7-5-14)25-12-17-16-11-21(2,3)26-19(16)9-8-18(17)22/h4-9,13,20,23-24H,10-12H2,1-3H3. The van der Waals surface area contributed by atoms with Crippen LogP contribution in [-0.4, -0.2) is 22.1 Å². The van der Waals surface area contributed by atoms with Gasteiger partial charge in [0.15, 0.2) is 6.29 Å². The summed E-state index contributed by atoms with van der Waals surface area (Å²) in [5.74, 6) is 0.835. The minimum Gasteiger partial charge on any atom is -0.489 e. The van der Waals surface area contributed by atoms with Crippen molar-refractivity contribution >= 4 is 0 Å². The fourth-order valence-electron chi connectivity index (χ4n) is 3.20. The van der Waals surface area contributed by atoms with E-state index in [2.05, 4.69) is 0 Å². The molecule has 0 saturated carbocycles. The van der Waals surface area contributed by atoms with Crippen molar-refractivity contribution in [1.82, 2.24) is 0 Å². The number of aliphatic hydroxyl groups excluding tert-OH is 1. The molecule has 2 aromatic rings. The van der Waals surface area contributed by atoms with Gasteiger partial charge >= 0.3 is 0 Å². The Morgan fingerprint density at radius 1 is 1.15 bits per heavy atom. The van der Waals surface area contributed by atoms with Gasteiger partial charge in [-0.1, -0.05) is 19.1 Å². The molecule has 5 heteroatoms. The molecule has 2 aromatic carbocycles. The van der Waals surface area contributed by atoms with Gasteiger partial charge < -0.3 is 19.7 Å². The lowest BCUT2D eigenvalue weighted by Crippen LogP contribution is -2.24. The third kappa shape index (κ3) is 4.17. The summed E-state index contributed by atoms with van der Waals surface area (Å²) in [6.45, 7) is 5.88. The number of rotatable bonds is 6. The van der Waals surface area contributed by atoms with Crippen molar-refractivity contribution in [2.75, 3.05) is 0 Å². The maximum Gasteiger partial charge on any atom is 0.154 e. The van der Waals surface area contributed by atoms with Gasteiger partial charge in [0.2, 0.25) is 0 Å². The molecule has 4 nitrogen and oxygen atoms in total. The summed E-state index contributed by atoms with van der Waals surface area (Å²) in [7, 11) is 0. The predicted octanol–water partition coefficient (Wildman–Crippen LogP) is 3.61. The Kier molecular flexibility index (Phi) is 5.21. The average Bonchev–Trinajstić information content (AvgIpc) is 2.89. The number of halogens is 1. The van der Waals surface area contributed by atoms with E-state index in [0.717, 1.165) is 16.9 Å². The highest BCUT2D eigenvalue weighted by Crippen LogP contribution is 2.38. The first-order valence-electron chi connectivity index (χ1n) is 8.82. The highest BCUT2D eigenvalue weighted by atomic mass is 19.1. The van der Waals surface area contributed by atoms with Crippen molar-refractivity contribution < 1.29 is 24.1 Å². The van der Waals surface area contributed by atoms with Crippen LogP contribution in [0, 0.1) is 11.7 Å². The number of hydrogen-bond donors (Lipinski definition) is 2. The molecule has 1 atom stereocenters. The number of benzene rings is 2. The Bertz CT molecular complexity index is 768. The largest absolute Gasteiger partial charge is 0.489 e. The van der Waals surface area contributed by atoms with Gasteiger partial charge in [-0.3, -0.25) is 0 Å². The molecule has 26 heavy (non-hydrogen) atoms. The van der Waals surface area contributed by atoms with Crippen molar-refractivity contribution in [2.24, 2.45) is 5.92 Å². The molecule has 0 aromatic heterocycles. The van der Waals surface area contributed by atoms with Crippen molar-refractivity contribution in [1.29, 1.82) is 0 Å². The first-order chi connectivity index (χ1) is 12.2. The Morgan fingerprint density at radius 3 is 2.50 bits per heavy atom. The number of fused-ring (bicyclic) bond motifs is 1. The van der Waals surface area contributed by atoms with Crippen molar-refractivity contribution in [2.45, 2.75) is 52.1 Å². The monoisotopic (exact) mass is 360 g/mol. The lowest BCUT2D eigenvalue weighted by atomic mass is 9.97. The normalized spacial score (nSPS) is 16.3. The minimum atomic E-state index is -1.33. The first kappa shape index (κ1) is 18.7. The zero-order valence-corrected chi connectivity index (χ0v) is 15.3. The summed E-state index contributed by atoms with van der Waals surface area (Å²) in [4.78, 5) is 0. The Labute approximate surface area is 153 Å². The minimum absolute atomic E-state index is 0.138. The third-order valence-corrected chi connectivity index (χ3v) is 4.69. The van der Waals surface area contributed by atoms with Crippen LogP contribution in [0.3, 0.4) is 0 Å². The van der Waals surface area contributed by atoms with Crippen molar-refractivity contribution in [3.05, 3.63) is 58.9 Å². The summed E-state index contributed by atoms with van der Waals surface area (Å²) in [5, 5.41) is 18.3. The van der Waals surface area contributed by atoms with E-state index in [9.17, 15) is 14.6 Å². The van der Waals surface area contributed by atoms with Gasteiger partial charge in [0, 0.05) is 23.5 Å². The second-order valence-corrected chi connectivity index (χ2v) is 7.57. The van der Waals surface area contributed by atoms with Gasteiger partial charge in [-0.05, 0) is 50.1 Å². The van der Waals surface area contributed by atoms with Crippen LogP contribution in [0.5, 0.6) is 11.5 Å². The molecule has 1 heterocycles.